The highest BCUT2D eigenvalue weighted by atomic mass is 16.5. The van der Waals surface area contributed by atoms with Crippen molar-refractivity contribution in [3.63, 3.8) is 0 Å². The van der Waals surface area contributed by atoms with E-state index in [1.807, 2.05) is 13.8 Å². The summed E-state index contributed by atoms with van der Waals surface area (Å²) in [4.78, 5) is 26.0. The number of hydrogen-bond acceptors (Lipinski definition) is 5. The molecule has 3 N–H and O–H groups in total. The molecule has 2 atom stereocenters. The number of hydrogen-bond donors (Lipinski definition) is 2. The molecule has 0 saturated carbocycles. The Morgan fingerprint density at radius 2 is 1.95 bits per heavy atom. The fraction of sp³-hybridized carbons (Fsp3) is 0.500. The minimum absolute atomic E-state index is 0.0625. The molecular weight excluding hydrogens is 284 g/mol. The zero-order chi connectivity index (χ0) is 16.3. The number of nitrogen functional groups attached to an aromatic ring is 1. The minimum atomic E-state index is -0.709. The molecule has 1 fully saturated rings. The molecule has 2 unspecified atom stereocenters. The number of carbonyl (C=O) groups excluding carboxylic acids is 2. The van der Waals surface area contributed by atoms with Gasteiger partial charge in [-0.15, -0.1) is 0 Å². The Morgan fingerprint density at radius 1 is 1.32 bits per heavy atom. The quantitative estimate of drug-likeness (QED) is 0.505. The summed E-state index contributed by atoms with van der Waals surface area (Å²) in [7, 11) is 0. The molecule has 0 spiro atoms. The number of aromatic hydroxyl groups is 1. The largest absolute Gasteiger partial charge is 0.508 e. The number of ether oxygens (including phenoxy) is 1. The number of nitrogens with two attached hydrogens (primary N) is 1. The van der Waals surface area contributed by atoms with E-state index in [2.05, 4.69) is 0 Å². The number of piperidine rings is 1. The predicted octanol–water partition coefficient (Wildman–Crippen LogP) is 1.92. The van der Waals surface area contributed by atoms with E-state index in [9.17, 15) is 14.7 Å². The van der Waals surface area contributed by atoms with Gasteiger partial charge >= 0.3 is 5.97 Å². The average Bonchev–Trinajstić information content (AvgIpc) is 2.47. The second-order valence-corrected chi connectivity index (χ2v) is 5.78. The number of phenols is 1. The standard InChI is InChI=1S/C16H22N2O4/c1-10-4-3-5-11(2)18(10)15(20)9-22-16(21)13-8-12(19)6-7-14(13)17/h6-8,10-11,19H,3-5,9,17H2,1-2H3. The van der Waals surface area contributed by atoms with Crippen LogP contribution >= 0.6 is 0 Å². The third-order valence-corrected chi connectivity index (χ3v) is 4.07. The minimum Gasteiger partial charge on any atom is -0.508 e. The number of anilines is 1. The Morgan fingerprint density at radius 3 is 2.59 bits per heavy atom. The van der Waals surface area contributed by atoms with Crippen LogP contribution in [0.4, 0.5) is 5.69 Å². The summed E-state index contributed by atoms with van der Waals surface area (Å²) in [6.45, 7) is 3.69. The van der Waals surface area contributed by atoms with Crippen molar-refractivity contribution < 1.29 is 19.4 Å². The molecule has 120 valence electrons. The molecule has 1 heterocycles. The summed E-state index contributed by atoms with van der Waals surface area (Å²) in [6, 6.07) is 4.34. The molecule has 1 aromatic rings. The van der Waals surface area contributed by atoms with Gasteiger partial charge in [-0.25, -0.2) is 4.79 Å². The van der Waals surface area contributed by atoms with Crippen molar-refractivity contribution in [1.29, 1.82) is 0 Å². The Hall–Kier alpha value is -2.24. The maximum Gasteiger partial charge on any atom is 0.340 e. The van der Waals surface area contributed by atoms with E-state index < -0.39 is 5.97 Å². The summed E-state index contributed by atoms with van der Waals surface area (Å²) in [5.74, 6) is -0.989. The van der Waals surface area contributed by atoms with E-state index in [1.165, 1.54) is 18.2 Å². The van der Waals surface area contributed by atoms with E-state index >= 15 is 0 Å². The highest BCUT2D eigenvalue weighted by Crippen LogP contribution is 2.23. The molecule has 22 heavy (non-hydrogen) atoms. The summed E-state index contributed by atoms with van der Waals surface area (Å²) in [6.07, 6.45) is 3.03. The van der Waals surface area contributed by atoms with Crippen molar-refractivity contribution in [2.45, 2.75) is 45.2 Å². The normalized spacial score (nSPS) is 21.5. The van der Waals surface area contributed by atoms with Crippen LogP contribution in [0.25, 0.3) is 0 Å². The van der Waals surface area contributed by atoms with Gasteiger partial charge in [-0.05, 0) is 51.3 Å². The zero-order valence-electron chi connectivity index (χ0n) is 12.9. The summed E-state index contributed by atoms with van der Waals surface area (Å²) >= 11 is 0. The third kappa shape index (κ3) is 3.50. The SMILES string of the molecule is CC1CCCC(C)N1C(=O)COC(=O)c1cc(O)ccc1N. The molecule has 1 aliphatic rings. The average molecular weight is 306 g/mol. The van der Waals surface area contributed by atoms with Crippen LogP contribution in [-0.4, -0.2) is 40.6 Å². The first-order valence-corrected chi connectivity index (χ1v) is 7.47. The maximum absolute atomic E-state index is 12.3. The molecule has 0 aliphatic carbocycles. The van der Waals surface area contributed by atoms with Gasteiger partial charge in [0.2, 0.25) is 0 Å². The van der Waals surface area contributed by atoms with E-state index in [1.54, 1.807) is 4.90 Å². The molecule has 6 heteroatoms. The van der Waals surface area contributed by atoms with Crippen LogP contribution in [0.1, 0.15) is 43.5 Å². The van der Waals surface area contributed by atoms with Gasteiger partial charge in [-0.2, -0.15) is 0 Å². The zero-order valence-corrected chi connectivity index (χ0v) is 12.9. The van der Waals surface area contributed by atoms with Crippen molar-refractivity contribution in [3.05, 3.63) is 23.8 Å². The second kappa shape index (κ2) is 6.68. The second-order valence-electron chi connectivity index (χ2n) is 5.78. The van der Waals surface area contributed by atoms with E-state index in [0.29, 0.717) is 0 Å². The van der Waals surface area contributed by atoms with Gasteiger partial charge in [0.25, 0.3) is 5.91 Å². The Bertz CT molecular complexity index is 563. The van der Waals surface area contributed by atoms with Crippen LogP contribution in [0.3, 0.4) is 0 Å². The highest BCUT2D eigenvalue weighted by Gasteiger charge is 2.29. The highest BCUT2D eigenvalue weighted by molar-refractivity contribution is 5.96. The monoisotopic (exact) mass is 306 g/mol. The number of amides is 1. The van der Waals surface area contributed by atoms with Gasteiger partial charge in [-0.1, -0.05) is 0 Å². The molecule has 0 bridgehead atoms. The number of rotatable bonds is 3. The smallest absolute Gasteiger partial charge is 0.340 e. The van der Waals surface area contributed by atoms with Crippen LogP contribution in [0.15, 0.2) is 18.2 Å². The first-order chi connectivity index (χ1) is 10.4. The molecule has 6 nitrogen and oxygen atoms in total. The van der Waals surface area contributed by atoms with Gasteiger partial charge < -0.3 is 20.5 Å². The fourth-order valence-corrected chi connectivity index (χ4v) is 2.91. The number of benzene rings is 1. The van der Waals surface area contributed by atoms with Gasteiger partial charge in [0.05, 0.1) is 5.56 Å². The number of nitrogens with zero attached hydrogens (tertiary/aromatic N) is 1. The number of likely N-dealkylation sites (tertiary alicyclic amines) is 1. The van der Waals surface area contributed by atoms with Crippen LogP contribution in [0.2, 0.25) is 0 Å². The lowest BCUT2D eigenvalue weighted by Gasteiger charge is -2.38. The number of esters is 1. The fourth-order valence-electron chi connectivity index (χ4n) is 2.91. The lowest BCUT2D eigenvalue weighted by atomic mass is 9.97. The lowest BCUT2D eigenvalue weighted by Crippen LogP contribution is -2.49. The van der Waals surface area contributed by atoms with Crippen LogP contribution in [0, 0.1) is 0 Å². The van der Waals surface area contributed by atoms with Crippen molar-refractivity contribution in [2.24, 2.45) is 0 Å². The first-order valence-electron chi connectivity index (χ1n) is 7.47. The molecule has 1 saturated heterocycles. The van der Waals surface area contributed by atoms with Crippen LogP contribution < -0.4 is 5.73 Å². The van der Waals surface area contributed by atoms with Crippen molar-refractivity contribution in [3.8, 4) is 5.75 Å². The molecule has 0 radical (unpaired) electrons. The molecule has 1 amide bonds. The Kier molecular flexibility index (Phi) is 4.90. The molecule has 0 aromatic heterocycles. The van der Waals surface area contributed by atoms with E-state index in [4.69, 9.17) is 10.5 Å². The first kappa shape index (κ1) is 16.1. The lowest BCUT2D eigenvalue weighted by molar-refractivity contribution is -0.140. The van der Waals surface area contributed by atoms with Crippen molar-refractivity contribution in [1.82, 2.24) is 4.90 Å². The summed E-state index contributed by atoms with van der Waals surface area (Å²) in [5, 5.41) is 9.40. The Labute approximate surface area is 129 Å². The number of phenolic OH excluding ortho intramolecular Hbond substituents is 1. The topological polar surface area (TPSA) is 92.9 Å². The summed E-state index contributed by atoms with van der Waals surface area (Å²) < 4.78 is 5.05. The number of carbonyl (C=O) groups is 2. The third-order valence-electron chi connectivity index (χ3n) is 4.07. The van der Waals surface area contributed by atoms with Gasteiger partial charge in [0.1, 0.15) is 5.75 Å². The van der Waals surface area contributed by atoms with Crippen molar-refractivity contribution >= 4 is 17.6 Å². The predicted molar refractivity (Wildman–Crippen MR) is 82.4 cm³/mol. The summed E-state index contributed by atoms with van der Waals surface area (Å²) in [5.41, 5.74) is 5.94. The van der Waals surface area contributed by atoms with E-state index in [-0.39, 0.29) is 41.6 Å². The molecule has 2 rings (SSSR count). The molecule has 1 aromatic carbocycles. The van der Waals surface area contributed by atoms with Gasteiger partial charge in [-0.3, -0.25) is 4.79 Å². The maximum atomic E-state index is 12.3. The van der Waals surface area contributed by atoms with Gasteiger partial charge in [0, 0.05) is 17.8 Å². The molecule has 1 aliphatic heterocycles. The van der Waals surface area contributed by atoms with E-state index in [0.717, 1.165) is 19.3 Å². The van der Waals surface area contributed by atoms with Gasteiger partial charge in [0.15, 0.2) is 6.61 Å². The Balaban J connectivity index is 1.98. The molecular formula is C16H22N2O4. The van der Waals surface area contributed by atoms with Crippen LogP contribution in [-0.2, 0) is 9.53 Å². The van der Waals surface area contributed by atoms with Crippen molar-refractivity contribution in [2.75, 3.05) is 12.3 Å². The van der Waals surface area contributed by atoms with Crippen LogP contribution in [0.5, 0.6) is 5.75 Å².